The van der Waals surface area contributed by atoms with Gasteiger partial charge < -0.3 is 10.6 Å². The average Bonchev–Trinajstić information content (AvgIpc) is 3.01. The van der Waals surface area contributed by atoms with Gasteiger partial charge in [-0.1, -0.05) is 26.2 Å². The van der Waals surface area contributed by atoms with E-state index in [1.165, 1.54) is 25.7 Å². The van der Waals surface area contributed by atoms with E-state index >= 15 is 0 Å². The summed E-state index contributed by atoms with van der Waals surface area (Å²) in [5, 5.41) is 6.20. The summed E-state index contributed by atoms with van der Waals surface area (Å²) < 4.78 is 0. The maximum absolute atomic E-state index is 11.5. The van der Waals surface area contributed by atoms with Crippen molar-refractivity contribution in [3.8, 4) is 0 Å². The van der Waals surface area contributed by atoms with Crippen molar-refractivity contribution in [1.29, 1.82) is 0 Å². The van der Waals surface area contributed by atoms with E-state index in [-0.39, 0.29) is 5.91 Å². The molecule has 16 heavy (non-hydrogen) atoms. The SMILES string of the molecule is CCCC(C)NC(=O)CNCCCC1CC1. The van der Waals surface area contributed by atoms with Gasteiger partial charge >= 0.3 is 0 Å². The summed E-state index contributed by atoms with van der Waals surface area (Å²) in [6.45, 7) is 5.65. The number of amides is 1. The van der Waals surface area contributed by atoms with Gasteiger partial charge in [0, 0.05) is 6.04 Å². The van der Waals surface area contributed by atoms with E-state index in [1.807, 2.05) is 0 Å². The maximum Gasteiger partial charge on any atom is 0.234 e. The predicted octanol–water partition coefficient (Wildman–Crippen LogP) is 2.07. The van der Waals surface area contributed by atoms with Crippen molar-refractivity contribution in [2.75, 3.05) is 13.1 Å². The summed E-state index contributed by atoms with van der Waals surface area (Å²) in [7, 11) is 0. The first-order valence-corrected chi connectivity index (χ1v) is 6.72. The van der Waals surface area contributed by atoms with Gasteiger partial charge in [0.15, 0.2) is 0 Å². The summed E-state index contributed by atoms with van der Waals surface area (Å²) in [5.74, 6) is 1.13. The Morgan fingerprint density at radius 3 is 2.81 bits per heavy atom. The Balaban J connectivity index is 1.88. The lowest BCUT2D eigenvalue weighted by Gasteiger charge is -2.12. The van der Waals surface area contributed by atoms with Crippen molar-refractivity contribution in [2.24, 2.45) is 5.92 Å². The predicted molar refractivity (Wildman–Crippen MR) is 67.3 cm³/mol. The highest BCUT2D eigenvalue weighted by molar-refractivity contribution is 5.78. The van der Waals surface area contributed by atoms with Crippen LogP contribution in [0.2, 0.25) is 0 Å². The molecule has 0 aliphatic heterocycles. The van der Waals surface area contributed by atoms with E-state index in [2.05, 4.69) is 24.5 Å². The molecule has 3 heteroatoms. The molecule has 3 nitrogen and oxygen atoms in total. The number of nitrogens with one attached hydrogen (secondary N) is 2. The Kier molecular flexibility index (Phi) is 6.46. The van der Waals surface area contributed by atoms with Gasteiger partial charge in [-0.05, 0) is 38.6 Å². The molecule has 1 fully saturated rings. The lowest BCUT2D eigenvalue weighted by atomic mass is 10.2. The molecule has 0 radical (unpaired) electrons. The minimum atomic E-state index is 0.132. The fourth-order valence-electron chi connectivity index (χ4n) is 1.96. The minimum absolute atomic E-state index is 0.132. The second kappa shape index (κ2) is 7.66. The molecule has 1 unspecified atom stereocenters. The van der Waals surface area contributed by atoms with E-state index in [1.54, 1.807) is 0 Å². The summed E-state index contributed by atoms with van der Waals surface area (Å²) >= 11 is 0. The largest absolute Gasteiger partial charge is 0.353 e. The molecule has 1 aliphatic rings. The third-order valence-electron chi connectivity index (χ3n) is 3.08. The fraction of sp³-hybridized carbons (Fsp3) is 0.923. The van der Waals surface area contributed by atoms with Crippen molar-refractivity contribution >= 4 is 5.91 Å². The van der Waals surface area contributed by atoms with Crippen LogP contribution in [0.1, 0.15) is 52.4 Å². The summed E-state index contributed by atoms with van der Waals surface area (Å²) in [6.07, 6.45) is 7.58. The van der Waals surface area contributed by atoms with Gasteiger partial charge in [0.1, 0.15) is 0 Å². The lowest BCUT2D eigenvalue weighted by Crippen LogP contribution is -2.39. The number of carbonyl (C=O) groups excluding carboxylic acids is 1. The van der Waals surface area contributed by atoms with E-state index in [0.717, 1.165) is 25.3 Å². The van der Waals surface area contributed by atoms with E-state index in [0.29, 0.717) is 12.6 Å². The van der Waals surface area contributed by atoms with Crippen LogP contribution in [0.3, 0.4) is 0 Å². The topological polar surface area (TPSA) is 41.1 Å². The third kappa shape index (κ3) is 6.83. The van der Waals surface area contributed by atoms with Gasteiger partial charge in [-0.15, -0.1) is 0 Å². The van der Waals surface area contributed by atoms with Crippen molar-refractivity contribution in [2.45, 2.75) is 58.4 Å². The van der Waals surface area contributed by atoms with Crippen LogP contribution < -0.4 is 10.6 Å². The highest BCUT2D eigenvalue weighted by Crippen LogP contribution is 2.33. The van der Waals surface area contributed by atoms with Crippen LogP contribution >= 0.6 is 0 Å². The number of rotatable bonds is 9. The molecule has 1 rings (SSSR count). The van der Waals surface area contributed by atoms with Crippen LogP contribution in [0.4, 0.5) is 0 Å². The summed E-state index contributed by atoms with van der Waals surface area (Å²) in [5.41, 5.74) is 0. The Labute approximate surface area is 99.4 Å². The molecule has 1 saturated carbocycles. The summed E-state index contributed by atoms with van der Waals surface area (Å²) in [4.78, 5) is 11.5. The molecule has 0 aromatic rings. The molecular weight excluding hydrogens is 200 g/mol. The van der Waals surface area contributed by atoms with Crippen LogP contribution in [-0.4, -0.2) is 25.0 Å². The maximum atomic E-state index is 11.5. The quantitative estimate of drug-likeness (QED) is 0.591. The molecule has 94 valence electrons. The van der Waals surface area contributed by atoms with E-state index < -0.39 is 0 Å². The zero-order chi connectivity index (χ0) is 11.8. The summed E-state index contributed by atoms with van der Waals surface area (Å²) in [6, 6.07) is 0.311. The Morgan fingerprint density at radius 2 is 2.19 bits per heavy atom. The number of carbonyl (C=O) groups is 1. The van der Waals surface area contributed by atoms with Crippen LogP contribution in [0, 0.1) is 5.92 Å². The van der Waals surface area contributed by atoms with Crippen LogP contribution in [0.5, 0.6) is 0 Å². The van der Waals surface area contributed by atoms with Crippen molar-refractivity contribution in [3.05, 3.63) is 0 Å². The van der Waals surface area contributed by atoms with Crippen LogP contribution in [0.15, 0.2) is 0 Å². The van der Waals surface area contributed by atoms with Crippen molar-refractivity contribution < 1.29 is 4.79 Å². The molecule has 1 amide bonds. The van der Waals surface area contributed by atoms with E-state index in [4.69, 9.17) is 0 Å². The molecule has 1 atom stereocenters. The molecule has 0 aromatic heterocycles. The normalized spacial score (nSPS) is 17.1. The van der Waals surface area contributed by atoms with Gasteiger partial charge in [0.05, 0.1) is 6.54 Å². The average molecular weight is 226 g/mol. The second-order valence-electron chi connectivity index (χ2n) is 5.02. The molecule has 1 aliphatic carbocycles. The highest BCUT2D eigenvalue weighted by Gasteiger charge is 2.19. The first kappa shape index (κ1) is 13.5. The Morgan fingerprint density at radius 1 is 1.44 bits per heavy atom. The molecule has 0 aromatic carbocycles. The first-order chi connectivity index (χ1) is 7.72. The Bertz CT molecular complexity index is 202. The van der Waals surface area contributed by atoms with Gasteiger partial charge in [-0.25, -0.2) is 0 Å². The van der Waals surface area contributed by atoms with Gasteiger partial charge in [0.25, 0.3) is 0 Å². The lowest BCUT2D eigenvalue weighted by molar-refractivity contribution is -0.120. The first-order valence-electron chi connectivity index (χ1n) is 6.72. The van der Waals surface area contributed by atoms with Crippen LogP contribution in [0.25, 0.3) is 0 Å². The van der Waals surface area contributed by atoms with Crippen LogP contribution in [-0.2, 0) is 4.79 Å². The Hall–Kier alpha value is -0.570. The third-order valence-corrected chi connectivity index (χ3v) is 3.08. The zero-order valence-corrected chi connectivity index (χ0v) is 10.7. The second-order valence-corrected chi connectivity index (χ2v) is 5.02. The zero-order valence-electron chi connectivity index (χ0n) is 10.7. The van der Waals surface area contributed by atoms with Gasteiger partial charge in [-0.3, -0.25) is 4.79 Å². The molecule has 0 heterocycles. The number of hydrogen-bond acceptors (Lipinski definition) is 2. The monoisotopic (exact) mass is 226 g/mol. The minimum Gasteiger partial charge on any atom is -0.353 e. The molecular formula is C13H26N2O. The molecule has 0 bridgehead atoms. The standard InChI is InChI=1S/C13H26N2O/c1-3-5-11(2)15-13(16)10-14-9-4-6-12-7-8-12/h11-12,14H,3-10H2,1-2H3,(H,15,16). The fourth-order valence-corrected chi connectivity index (χ4v) is 1.96. The van der Waals surface area contributed by atoms with Crippen molar-refractivity contribution in [3.63, 3.8) is 0 Å². The van der Waals surface area contributed by atoms with Gasteiger partial charge in [-0.2, -0.15) is 0 Å². The smallest absolute Gasteiger partial charge is 0.234 e. The molecule has 0 spiro atoms. The highest BCUT2D eigenvalue weighted by atomic mass is 16.1. The van der Waals surface area contributed by atoms with E-state index in [9.17, 15) is 4.79 Å². The molecule has 0 saturated heterocycles. The van der Waals surface area contributed by atoms with Gasteiger partial charge in [0.2, 0.25) is 5.91 Å². The number of hydrogen-bond donors (Lipinski definition) is 2. The van der Waals surface area contributed by atoms with Crippen molar-refractivity contribution in [1.82, 2.24) is 10.6 Å². The molecule has 2 N–H and O–H groups in total.